The van der Waals surface area contributed by atoms with Gasteiger partial charge in [0.2, 0.25) is 0 Å². The summed E-state index contributed by atoms with van der Waals surface area (Å²) in [5, 5.41) is 2.81. The normalized spacial score (nSPS) is 9.89. The van der Waals surface area contributed by atoms with Crippen LogP contribution in [0.25, 0.3) is 0 Å². The number of carbonyl (C=O) groups excluding carboxylic acids is 1. The summed E-state index contributed by atoms with van der Waals surface area (Å²) in [6.45, 7) is 0. The first kappa shape index (κ1) is 12.1. The van der Waals surface area contributed by atoms with Crippen LogP contribution in [0.5, 0.6) is 0 Å². The van der Waals surface area contributed by atoms with Crippen LogP contribution in [0, 0.1) is 0 Å². The van der Waals surface area contributed by atoms with E-state index < -0.39 is 0 Å². The van der Waals surface area contributed by atoms with Crippen molar-refractivity contribution >= 4 is 17.3 Å². The van der Waals surface area contributed by atoms with E-state index in [-0.39, 0.29) is 5.91 Å². The molecule has 2 rings (SSSR count). The highest BCUT2D eigenvalue weighted by atomic mass is 16.1. The first-order valence-corrected chi connectivity index (χ1v) is 5.65. The lowest BCUT2D eigenvalue weighted by atomic mass is 10.2. The predicted molar refractivity (Wildman–Crippen MR) is 73.0 cm³/mol. The van der Waals surface area contributed by atoms with Crippen LogP contribution in [0.3, 0.4) is 0 Å². The average molecular weight is 241 g/mol. The van der Waals surface area contributed by atoms with Gasteiger partial charge in [-0.05, 0) is 36.4 Å². The summed E-state index contributed by atoms with van der Waals surface area (Å²) in [6, 6.07) is 11.0. The fourth-order valence-corrected chi connectivity index (χ4v) is 1.55. The number of rotatable bonds is 3. The maximum atomic E-state index is 12.0. The lowest BCUT2D eigenvalue weighted by molar-refractivity contribution is 0.102. The second-order valence-corrected chi connectivity index (χ2v) is 4.13. The van der Waals surface area contributed by atoms with Crippen molar-refractivity contribution in [3.8, 4) is 0 Å². The molecule has 1 aromatic heterocycles. The van der Waals surface area contributed by atoms with E-state index in [9.17, 15) is 4.79 Å². The van der Waals surface area contributed by atoms with Gasteiger partial charge in [0.15, 0.2) is 0 Å². The standard InChI is InChI=1S/C14H15N3O/c1-17(2)13-5-3-11(4-6-13)14(18)16-12-7-9-15-10-8-12/h3-10H,1-2H3,(H,15,16,18). The van der Waals surface area contributed by atoms with Crippen LogP contribution in [0.15, 0.2) is 48.8 Å². The third kappa shape index (κ3) is 2.85. The molecule has 4 heteroatoms. The van der Waals surface area contributed by atoms with E-state index >= 15 is 0 Å². The number of hydrogen-bond donors (Lipinski definition) is 1. The molecule has 92 valence electrons. The molecule has 0 atom stereocenters. The van der Waals surface area contributed by atoms with E-state index in [1.54, 1.807) is 24.5 Å². The fraction of sp³-hybridized carbons (Fsp3) is 0.143. The third-order valence-corrected chi connectivity index (χ3v) is 2.58. The van der Waals surface area contributed by atoms with Gasteiger partial charge in [0, 0.05) is 43.4 Å². The molecule has 0 spiro atoms. The Morgan fingerprint density at radius 3 is 2.22 bits per heavy atom. The van der Waals surface area contributed by atoms with E-state index in [1.165, 1.54) is 0 Å². The lowest BCUT2D eigenvalue weighted by Gasteiger charge is -2.12. The van der Waals surface area contributed by atoms with Crippen LogP contribution in [0.2, 0.25) is 0 Å². The van der Waals surface area contributed by atoms with Gasteiger partial charge in [0.1, 0.15) is 0 Å². The Hall–Kier alpha value is -2.36. The van der Waals surface area contributed by atoms with E-state index in [2.05, 4.69) is 10.3 Å². The number of amides is 1. The molecule has 0 saturated heterocycles. The van der Waals surface area contributed by atoms with Crippen LogP contribution in [0.1, 0.15) is 10.4 Å². The average Bonchev–Trinajstić information content (AvgIpc) is 2.40. The molecule has 0 radical (unpaired) electrons. The number of pyridine rings is 1. The Balaban J connectivity index is 2.10. The van der Waals surface area contributed by atoms with E-state index in [4.69, 9.17) is 0 Å². The summed E-state index contributed by atoms with van der Waals surface area (Å²) in [5.74, 6) is -0.119. The molecule has 1 N–H and O–H groups in total. The minimum atomic E-state index is -0.119. The molecular formula is C14H15N3O. The van der Waals surface area contributed by atoms with Crippen LogP contribution in [-0.4, -0.2) is 25.0 Å². The van der Waals surface area contributed by atoms with Crippen molar-refractivity contribution in [2.24, 2.45) is 0 Å². The predicted octanol–water partition coefficient (Wildman–Crippen LogP) is 2.40. The van der Waals surface area contributed by atoms with Crippen molar-refractivity contribution in [2.75, 3.05) is 24.3 Å². The van der Waals surface area contributed by atoms with Gasteiger partial charge in [-0.15, -0.1) is 0 Å². The summed E-state index contributed by atoms with van der Waals surface area (Å²) in [4.78, 5) is 17.8. The quantitative estimate of drug-likeness (QED) is 0.897. The highest BCUT2D eigenvalue weighted by molar-refractivity contribution is 6.04. The summed E-state index contributed by atoms with van der Waals surface area (Å²) < 4.78 is 0. The summed E-state index contributed by atoms with van der Waals surface area (Å²) in [5.41, 5.74) is 2.44. The van der Waals surface area contributed by atoms with Crippen molar-refractivity contribution in [3.63, 3.8) is 0 Å². The van der Waals surface area contributed by atoms with Gasteiger partial charge in [0.05, 0.1) is 0 Å². The molecule has 2 aromatic rings. The van der Waals surface area contributed by atoms with Crippen molar-refractivity contribution in [2.45, 2.75) is 0 Å². The maximum absolute atomic E-state index is 12.0. The number of carbonyl (C=O) groups is 1. The molecule has 18 heavy (non-hydrogen) atoms. The molecular weight excluding hydrogens is 226 g/mol. The second kappa shape index (κ2) is 5.31. The number of hydrogen-bond acceptors (Lipinski definition) is 3. The zero-order chi connectivity index (χ0) is 13.0. The lowest BCUT2D eigenvalue weighted by Crippen LogP contribution is -2.13. The fourth-order valence-electron chi connectivity index (χ4n) is 1.55. The van der Waals surface area contributed by atoms with E-state index in [0.717, 1.165) is 11.4 Å². The molecule has 0 bridgehead atoms. The third-order valence-electron chi connectivity index (χ3n) is 2.58. The molecule has 0 aliphatic carbocycles. The Bertz CT molecular complexity index is 520. The number of nitrogens with one attached hydrogen (secondary N) is 1. The molecule has 4 nitrogen and oxygen atoms in total. The van der Waals surface area contributed by atoms with Gasteiger partial charge in [-0.25, -0.2) is 0 Å². The van der Waals surface area contributed by atoms with Crippen molar-refractivity contribution in [3.05, 3.63) is 54.4 Å². The Kier molecular flexibility index (Phi) is 3.57. The number of benzene rings is 1. The van der Waals surface area contributed by atoms with Gasteiger partial charge in [-0.1, -0.05) is 0 Å². The zero-order valence-corrected chi connectivity index (χ0v) is 10.4. The van der Waals surface area contributed by atoms with E-state index in [0.29, 0.717) is 5.56 Å². The molecule has 1 aromatic carbocycles. The topological polar surface area (TPSA) is 45.2 Å². The number of nitrogens with zero attached hydrogens (tertiary/aromatic N) is 2. The Morgan fingerprint density at radius 2 is 1.67 bits per heavy atom. The van der Waals surface area contributed by atoms with Crippen LogP contribution < -0.4 is 10.2 Å². The van der Waals surface area contributed by atoms with Gasteiger partial charge in [0.25, 0.3) is 5.91 Å². The number of aromatic nitrogens is 1. The molecule has 1 heterocycles. The SMILES string of the molecule is CN(C)c1ccc(C(=O)Nc2ccncc2)cc1. The van der Waals surface area contributed by atoms with Crippen LogP contribution >= 0.6 is 0 Å². The van der Waals surface area contributed by atoms with Gasteiger partial charge >= 0.3 is 0 Å². The smallest absolute Gasteiger partial charge is 0.255 e. The summed E-state index contributed by atoms with van der Waals surface area (Å²) in [7, 11) is 3.93. The molecule has 0 aliphatic heterocycles. The highest BCUT2D eigenvalue weighted by Gasteiger charge is 2.05. The highest BCUT2D eigenvalue weighted by Crippen LogP contribution is 2.13. The molecule has 0 fully saturated rings. The van der Waals surface area contributed by atoms with Crippen molar-refractivity contribution in [1.29, 1.82) is 0 Å². The molecule has 0 saturated carbocycles. The Labute approximate surface area is 106 Å². The van der Waals surface area contributed by atoms with Crippen molar-refractivity contribution in [1.82, 2.24) is 4.98 Å². The molecule has 0 aliphatic rings. The van der Waals surface area contributed by atoms with E-state index in [1.807, 2.05) is 43.3 Å². The van der Waals surface area contributed by atoms with Gasteiger partial charge < -0.3 is 10.2 Å². The monoisotopic (exact) mass is 241 g/mol. The molecule has 1 amide bonds. The minimum Gasteiger partial charge on any atom is -0.378 e. The van der Waals surface area contributed by atoms with Gasteiger partial charge in [-0.3, -0.25) is 9.78 Å². The molecule has 0 unspecified atom stereocenters. The largest absolute Gasteiger partial charge is 0.378 e. The first-order valence-electron chi connectivity index (χ1n) is 5.65. The van der Waals surface area contributed by atoms with Crippen LogP contribution in [-0.2, 0) is 0 Å². The second-order valence-electron chi connectivity index (χ2n) is 4.13. The Morgan fingerprint density at radius 1 is 1.06 bits per heavy atom. The zero-order valence-electron chi connectivity index (χ0n) is 10.4. The summed E-state index contributed by atoms with van der Waals surface area (Å²) >= 11 is 0. The van der Waals surface area contributed by atoms with Gasteiger partial charge in [-0.2, -0.15) is 0 Å². The summed E-state index contributed by atoms with van der Waals surface area (Å²) in [6.07, 6.45) is 3.29. The van der Waals surface area contributed by atoms with Crippen LogP contribution in [0.4, 0.5) is 11.4 Å². The minimum absolute atomic E-state index is 0.119. The first-order chi connectivity index (χ1) is 8.66. The van der Waals surface area contributed by atoms with Crippen molar-refractivity contribution < 1.29 is 4.79 Å². The maximum Gasteiger partial charge on any atom is 0.255 e. The number of anilines is 2.